The highest BCUT2D eigenvalue weighted by atomic mass is 32.1. The van der Waals surface area contributed by atoms with Gasteiger partial charge in [0, 0.05) is 20.8 Å². The summed E-state index contributed by atoms with van der Waals surface area (Å²) >= 11 is 3.82. The van der Waals surface area contributed by atoms with Crippen LogP contribution in [0, 0.1) is 0 Å². The topological polar surface area (TPSA) is 47.6 Å². The van der Waals surface area contributed by atoms with Crippen LogP contribution < -0.4 is 5.32 Å². The molecule has 0 saturated carbocycles. The third-order valence-corrected chi connectivity index (χ3v) is 1.64. The molecule has 72 valence electrons. The minimum absolute atomic E-state index is 0.0844. The number of thiol groups is 1. The minimum atomic E-state index is -0.100. The Bertz CT molecular complexity index is 132. The first-order chi connectivity index (χ1) is 5.74. The Morgan fingerprint density at radius 3 is 2.67 bits per heavy atom. The van der Waals surface area contributed by atoms with E-state index in [1.807, 2.05) is 0 Å². The molecule has 0 heterocycles. The maximum Gasteiger partial charge on any atom is 0.229 e. The van der Waals surface area contributed by atoms with Crippen LogP contribution in [0.25, 0.3) is 0 Å². The fourth-order valence-corrected chi connectivity index (χ4v) is 0.792. The summed E-state index contributed by atoms with van der Waals surface area (Å²) in [7, 11) is 3.17. The first kappa shape index (κ1) is 11.7. The van der Waals surface area contributed by atoms with Gasteiger partial charge in [0.2, 0.25) is 5.91 Å². The van der Waals surface area contributed by atoms with Crippen molar-refractivity contribution in [2.24, 2.45) is 0 Å². The number of hydrogen-bond donors (Lipinski definition) is 2. The molecular weight excluding hydrogens is 178 g/mol. The van der Waals surface area contributed by atoms with Crippen LogP contribution in [0.5, 0.6) is 0 Å². The second-order valence-corrected chi connectivity index (χ2v) is 2.59. The summed E-state index contributed by atoms with van der Waals surface area (Å²) in [6.45, 7) is 0.938. The lowest BCUT2D eigenvalue weighted by molar-refractivity contribution is -0.119. The zero-order chi connectivity index (χ0) is 9.40. The Hall–Kier alpha value is -0.260. The number of carbonyl (C=O) groups is 1. The number of nitrogens with one attached hydrogen (secondary N) is 1. The van der Waals surface area contributed by atoms with Gasteiger partial charge >= 0.3 is 0 Å². The van der Waals surface area contributed by atoms with Crippen molar-refractivity contribution in [3.05, 3.63) is 0 Å². The molecule has 5 heteroatoms. The van der Waals surface area contributed by atoms with E-state index >= 15 is 0 Å². The maximum atomic E-state index is 10.8. The molecule has 1 unspecified atom stereocenters. The Kier molecular flexibility index (Phi) is 7.23. The van der Waals surface area contributed by atoms with Crippen molar-refractivity contribution >= 4 is 18.5 Å². The number of rotatable bonds is 6. The summed E-state index contributed by atoms with van der Waals surface area (Å²) < 4.78 is 9.89. The molecule has 0 radical (unpaired) electrons. The van der Waals surface area contributed by atoms with E-state index in [1.54, 1.807) is 14.2 Å². The van der Waals surface area contributed by atoms with E-state index in [2.05, 4.69) is 17.9 Å². The van der Waals surface area contributed by atoms with Crippen LogP contribution in [0.1, 0.15) is 0 Å². The standard InChI is InChI=1S/C7H15NO3S/c1-10-4-6(11-2)3-8-7(9)5-12/h6,12H,3-5H2,1-2H3,(H,8,9). The Balaban J connectivity index is 3.50. The van der Waals surface area contributed by atoms with Crippen molar-refractivity contribution in [2.75, 3.05) is 33.1 Å². The second-order valence-electron chi connectivity index (χ2n) is 2.28. The van der Waals surface area contributed by atoms with Crippen LogP contribution in [-0.4, -0.2) is 45.1 Å². The predicted molar refractivity (Wildman–Crippen MR) is 49.5 cm³/mol. The molecule has 0 bridgehead atoms. The molecule has 0 aliphatic heterocycles. The molecule has 0 aromatic heterocycles. The molecule has 1 atom stereocenters. The van der Waals surface area contributed by atoms with E-state index < -0.39 is 0 Å². The van der Waals surface area contributed by atoms with E-state index in [1.165, 1.54) is 0 Å². The lowest BCUT2D eigenvalue weighted by atomic mass is 10.3. The van der Waals surface area contributed by atoms with Crippen LogP contribution >= 0.6 is 12.6 Å². The van der Waals surface area contributed by atoms with E-state index in [9.17, 15) is 4.79 Å². The minimum Gasteiger partial charge on any atom is -0.382 e. The molecule has 1 N–H and O–H groups in total. The number of ether oxygens (including phenoxy) is 2. The van der Waals surface area contributed by atoms with Gasteiger partial charge in [-0.1, -0.05) is 0 Å². The molecule has 0 rings (SSSR count). The van der Waals surface area contributed by atoms with Gasteiger partial charge in [0.05, 0.1) is 18.5 Å². The maximum absolute atomic E-state index is 10.8. The average Bonchev–Trinajstić information content (AvgIpc) is 2.11. The quantitative estimate of drug-likeness (QED) is 0.569. The van der Waals surface area contributed by atoms with Gasteiger partial charge in [-0.15, -0.1) is 0 Å². The molecule has 12 heavy (non-hydrogen) atoms. The van der Waals surface area contributed by atoms with Crippen LogP contribution in [0.2, 0.25) is 0 Å². The third-order valence-electron chi connectivity index (χ3n) is 1.36. The number of amides is 1. The molecule has 0 fully saturated rings. The summed E-state index contributed by atoms with van der Waals surface area (Å²) in [5.74, 6) is 0.0974. The van der Waals surface area contributed by atoms with Crippen LogP contribution in [0.4, 0.5) is 0 Å². The number of methoxy groups -OCH3 is 2. The normalized spacial score (nSPS) is 12.6. The first-order valence-corrected chi connectivity index (χ1v) is 4.27. The molecule has 1 amide bonds. The molecular formula is C7H15NO3S. The van der Waals surface area contributed by atoms with Crippen molar-refractivity contribution in [3.63, 3.8) is 0 Å². The Morgan fingerprint density at radius 2 is 2.25 bits per heavy atom. The van der Waals surface area contributed by atoms with Crippen LogP contribution in [0.3, 0.4) is 0 Å². The highest BCUT2D eigenvalue weighted by molar-refractivity contribution is 7.81. The van der Waals surface area contributed by atoms with E-state index in [0.717, 1.165) is 0 Å². The van der Waals surface area contributed by atoms with Crippen molar-refractivity contribution in [2.45, 2.75) is 6.10 Å². The summed E-state index contributed by atoms with van der Waals surface area (Å²) in [5.41, 5.74) is 0. The van der Waals surface area contributed by atoms with Gasteiger partial charge in [-0.25, -0.2) is 0 Å². The number of carbonyl (C=O) groups excluding carboxylic acids is 1. The van der Waals surface area contributed by atoms with Crippen LogP contribution in [0.15, 0.2) is 0 Å². The molecule has 0 spiro atoms. The summed E-state index contributed by atoms with van der Waals surface area (Å²) in [4.78, 5) is 10.8. The molecule has 0 aliphatic rings. The van der Waals surface area contributed by atoms with E-state index in [0.29, 0.717) is 13.2 Å². The summed E-state index contributed by atoms with van der Waals surface area (Å²) in [5, 5.41) is 2.65. The third kappa shape index (κ3) is 5.40. The van der Waals surface area contributed by atoms with Gasteiger partial charge in [0.15, 0.2) is 0 Å². The predicted octanol–water partition coefficient (Wildman–Crippen LogP) is -0.306. The molecule has 0 aliphatic carbocycles. The van der Waals surface area contributed by atoms with Gasteiger partial charge in [-0.2, -0.15) is 12.6 Å². The lowest BCUT2D eigenvalue weighted by Gasteiger charge is -2.14. The molecule has 0 aromatic carbocycles. The second kappa shape index (κ2) is 7.39. The highest BCUT2D eigenvalue weighted by Gasteiger charge is 2.07. The molecule has 0 aromatic rings. The largest absolute Gasteiger partial charge is 0.382 e. The van der Waals surface area contributed by atoms with Crippen molar-refractivity contribution in [1.29, 1.82) is 0 Å². The first-order valence-electron chi connectivity index (χ1n) is 3.63. The summed E-state index contributed by atoms with van der Waals surface area (Å²) in [6.07, 6.45) is -0.0844. The van der Waals surface area contributed by atoms with Crippen molar-refractivity contribution in [1.82, 2.24) is 5.32 Å². The fourth-order valence-electron chi connectivity index (χ4n) is 0.680. The monoisotopic (exact) mass is 193 g/mol. The van der Waals surface area contributed by atoms with Gasteiger partial charge in [-0.05, 0) is 0 Å². The van der Waals surface area contributed by atoms with Gasteiger partial charge in [-0.3, -0.25) is 4.79 Å². The van der Waals surface area contributed by atoms with Gasteiger partial charge < -0.3 is 14.8 Å². The smallest absolute Gasteiger partial charge is 0.229 e. The Morgan fingerprint density at radius 1 is 1.58 bits per heavy atom. The van der Waals surface area contributed by atoms with E-state index in [4.69, 9.17) is 9.47 Å². The molecule has 4 nitrogen and oxygen atoms in total. The summed E-state index contributed by atoms with van der Waals surface area (Å²) in [6, 6.07) is 0. The van der Waals surface area contributed by atoms with Crippen molar-refractivity contribution < 1.29 is 14.3 Å². The van der Waals surface area contributed by atoms with Gasteiger partial charge in [0.25, 0.3) is 0 Å². The average molecular weight is 193 g/mol. The zero-order valence-electron chi connectivity index (χ0n) is 7.37. The highest BCUT2D eigenvalue weighted by Crippen LogP contribution is 1.88. The molecule has 0 saturated heterocycles. The SMILES string of the molecule is COCC(CNC(=O)CS)OC. The van der Waals surface area contributed by atoms with Gasteiger partial charge in [0.1, 0.15) is 0 Å². The van der Waals surface area contributed by atoms with Crippen LogP contribution in [-0.2, 0) is 14.3 Å². The van der Waals surface area contributed by atoms with E-state index in [-0.39, 0.29) is 17.8 Å². The Labute approximate surface area is 78.0 Å². The van der Waals surface area contributed by atoms with Crippen molar-refractivity contribution in [3.8, 4) is 0 Å². The fraction of sp³-hybridized carbons (Fsp3) is 0.857. The lowest BCUT2D eigenvalue weighted by Crippen LogP contribution is -2.36. The zero-order valence-corrected chi connectivity index (χ0v) is 8.27. The number of hydrogen-bond acceptors (Lipinski definition) is 4.